The van der Waals surface area contributed by atoms with E-state index in [2.05, 4.69) is 4.98 Å². The first-order chi connectivity index (χ1) is 15.0. The van der Waals surface area contributed by atoms with E-state index in [1.165, 1.54) is 12.1 Å². The summed E-state index contributed by atoms with van der Waals surface area (Å²) in [5.74, 6) is -0.619. The summed E-state index contributed by atoms with van der Waals surface area (Å²) >= 11 is 0. The summed E-state index contributed by atoms with van der Waals surface area (Å²) in [6.45, 7) is -0.594. The monoisotopic (exact) mass is 419 g/mol. The van der Waals surface area contributed by atoms with Crippen molar-refractivity contribution in [1.29, 1.82) is 0 Å². The Morgan fingerprint density at radius 1 is 1.10 bits per heavy atom. The van der Waals surface area contributed by atoms with Gasteiger partial charge in [-0.1, -0.05) is 42.8 Å². The van der Waals surface area contributed by atoms with Gasteiger partial charge in [0.25, 0.3) is 0 Å². The zero-order chi connectivity index (χ0) is 21.6. The summed E-state index contributed by atoms with van der Waals surface area (Å²) in [5.41, 5.74) is 4.17. The fourth-order valence-corrected chi connectivity index (χ4v) is 5.06. The molecular weight excluding hydrogens is 396 g/mol. The van der Waals surface area contributed by atoms with Gasteiger partial charge >= 0.3 is 0 Å². The molecule has 5 heteroatoms. The largest absolute Gasteiger partial charge is 0.388 e. The summed E-state index contributed by atoms with van der Waals surface area (Å²) in [4.78, 5) is 18.0. The van der Waals surface area contributed by atoms with Crippen LogP contribution >= 0.6 is 0 Å². The van der Waals surface area contributed by atoms with E-state index in [0.717, 1.165) is 31.4 Å². The molecule has 0 aliphatic heterocycles. The molecule has 158 valence electrons. The molecule has 1 N–H and O–H groups in total. The normalized spacial score (nSPS) is 19.0. The maximum atomic E-state index is 13.6. The van der Waals surface area contributed by atoms with Gasteiger partial charge in [-0.25, -0.2) is 8.78 Å². The summed E-state index contributed by atoms with van der Waals surface area (Å²) in [7, 11) is 0. The maximum absolute atomic E-state index is 13.6. The highest BCUT2D eigenvalue weighted by Crippen LogP contribution is 2.54. The lowest BCUT2D eigenvalue weighted by molar-refractivity contribution is 0.0248. The standard InChI is InChI=1S/C26H23F2NO2/c27-14-16-2-4-18(5-3-16)25(31)20-15-29-21-12-26(10-1-11-26)13-22(30)24(21)23(20)17-6-8-19(28)9-7-17/h2-9,15,22,30H,1,10-14H2. The number of carbonyl (C=O) groups is 1. The van der Waals surface area contributed by atoms with Crippen LogP contribution in [0, 0.1) is 11.2 Å². The number of alkyl halides is 1. The molecule has 1 atom stereocenters. The molecule has 1 fully saturated rings. The first-order valence-corrected chi connectivity index (χ1v) is 10.7. The van der Waals surface area contributed by atoms with Crippen molar-refractivity contribution in [3.8, 4) is 11.1 Å². The number of rotatable bonds is 4. The Balaban J connectivity index is 1.66. The molecule has 2 aliphatic carbocycles. The number of pyridine rings is 1. The minimum Gasteiger partial charge on any atom is -0.388 e. The Morgan fingerprint density at radius 3 is 2.42 bits per heavy atom. The van der Waals surface area contributed by atoms with Gasteiger partial charge in [0.05, 0.1) is 6.10 Å². The highest BCUT2D eigenvalue weighted by atomic mass is 19.1. The molecule has 0 amide bonds. The zero-order valence-electron chi connectivity index (χ0n) is 17.1. The number of nitrogens with zero attached hydrogens (tertiary/aromatic N) is 1. The molecule has 3 aromatic rings. The number of fused-ring (bicyclic) bond motifs is 1. The van der Waals surface area contributed by atoms with Crippen LogP contribution in [-0.2, 0) is 13.1 Å². The quantitative estimate of drug-likeness (QED) is 0.549. The highest BCUT2D eigenvalue weighted by Gasteiger charge is 2.44. The van der Waals surface area contributed by atoms with Crippen LogP contribution in [-0.4, -0.2) is 15.9 Å². The van der Waals surface area contributed by atoms with E-state index in [9.17, 15) is 18.7 Å². The SMILES string of the molecule is O=C(c1ccc(CF)cc1)c1cnc2c(c1-c1ccc(F)cc1)C(O)CC1(CCC1)C2. The van der Waals surface area contributed by atoms with E-state index in [1.54, 1.807) is 42.6 Å². The predicted octanol–water partition coefficient (Wildman–Crippen LogP) is 5.74. The van der Waals surface area contributed by atoms with Crippen molar-refractivity contribution in [2.45, 2.75) is 44.9 Å². The van der Waals surface area contributed by atoms with Crippen LogP contribution in [0.1, 0.15) is 64.5 Å². The second-order valence-electron chi connectivity index (χ2n) is 8.82. The van der Waals surface area contributed by atoms with Crippen LogP contribution in [0.3, 0.4) is 0 Å². The van der Waals surface area contributed by atoms with Crippen molar-refractivity contribution in [2.24, 2.45) is 5.41 Å². The third-order valence-electron chi connectivity index (χ3n) is 6.86. The van der Waals surface area contributed by atoms with Gasteiger partial charge in [-0.2, -0.15) is 0 Å². The molecule has 1 unspecified atom stereocenters. The van der Waals surface area contributed by atoms with Crippen molar-refractivity contribution in [1.82, 2.24) is 4.98 Å². The second-order valence-corrected chi connectivity index (χ2v) is 8.82. The molecule has 3 nitrogen and oxygen atoms in total. The van der Waals surface area contributed by atoms with Crippen molar-refractivity contribution >= 4 is 5.78 Å². The van der Waals surface area contributed by atoms with Crippen molar-refractivity contribution in [2.75, 3.05) is 0 Å². The van der Waals surface area contributed by atoms with Crippen LogP contribution in [0.4, 0.5) is 8.78 Å². The number of ketones is 1. The fraction of sp³-hybridized carbons (Fsp3) is 0.308. The Kier molecular flexibility index (Phi) is 4.94. The highest BCUT2D eigenvalue weighted by molar-refractivity contribution is 6.13. The Labute approximate surface area is 179 Å². The van der Waals surface area contributed by atoms with Gasteiger partial charge in [-0.15, -0.1) is 0 Å². The Bertz CT molecular complexity index is 1140. The van der Waals surface area contributed by atoms with Crippen LogP contribution in [0.2, 0.25) is 0 Å². The van der Waals surface area contributed by atoms with Gasteiger partial charge in [0.1, 0.15) is 12.5 Å². The fourth-order valence-electron chi connectivity index (χ4n) is 5.06. The molecule has 2 aromatic carbocycles. The van der Waals surface area contributed by atoms with Crippen molar-refractivity contribution in [3.63, 3.8) is 0 Å². The smallest absolute Gasteiger partial charge is 0.195 e. The summed E-state index contributed by atoms with van der Waals surface area (Å²) in [6, 6.07) is 12.4. The minimum atomic E-state index is -0.724. The van der Waals surface area contributed by atoms with Crippen molar-refractivity contribution < 1.29 is 18.7 Å². The number of carbonyl (C=O) groups excluding carboxylic acids is 1. The maximum Gasteiger partial charge on any atom is 0.195 e. The topological polar surface area (TPSA) is 50.2 Å². The number of benzene rings is 2. The van der Waals surface area contributed by atoms with Crippen LogP contribution < -0.4 is 0 Å². The minimum absolute atomic E-state index is 0.104. The predicted molar refractivity (Wildman–Crippen MR) is 114 cm³/mol. The molecule has 1 spiro atoms. The van der Waals surface area contributed by atoms with Crippen LogP contribution in [0.15, 0.2) is 54.7 Å². The third kappa shape index (κ3) is 3.47. The van der Waals surface area contributed by atoms with Gasteiger partial charge in [-0.05, 0) is 54.4 Å². The van der Waals surface area contributed by atoms with E-state index >= 15 is 0 Å². The molecular formula is C26H23F2NO2. The van der Waals surface area contributed by atoms with Crippen molar-refractivity contribution in [3.05, 3.63) is 88.5 Å². The number of aliphatic hydroxyl groups is 1. The Morgan fingerprint density at radius 2 is 1.81 bits per heavy atom. The van der Waals surface area contributed by atoms with Gasteiger partial charge in [0, 0.05) is 34.1 Å². The van der Waals surface area contributed by atoms with Crippen LogP contribution in [0.25, 0.3) is 11.1 Å². The van der Waals surface area contributed by atoms with Crippen LogP contribution in [0.5, 0.6) is 0 Å². The molecule has 0 saturated heterocycles. The number of hydrogen-bond donors (Lipinski definition) is 1. The lowest BCUT2D eigenvalue weighted by Gasteiger charge is -2.47. The second kappa shape index (κ2) is 7.65. The molecule has 0 bridgehead atoms. The van der Waals surface area contributed by atoms with Gasteiger partial charge in [-0.3, -0.25) is 9.78 Å². The zero-order valence-corrected chi connectivity index (χ0v) is 17.1. The molecule has 1 heterocycles. The van der Waals surface area contributed by atoms with E-state index in [-0.39, 0.29) is 17.0 Å². The first kappa shape index (κ1) is 20.0. The molecule has 1 aromatic heterocycles. The average Bonchev–Trinajstić information content (AvgIpc) is 2.77. The van der Waals surface area contributed by atoms with E-state index < -0.39 is 12.8 Å². The summed E-state index contributed by atoms with van der Waals surface area (Å²) in [6.07, 6.45) is 5.62. The summed E-state index contributed by atoms with van der Waals surface area (Å²) < 4.78 is 26.5. The Hall–Kier alpha value is -2.92. The van der Waals surface area contributed by atoms with Gasteiger partial charge in [0.15, 0.2) is 5.78 Å². The first-order valence-electron chi connectivity index (χ1n) is 10.7. The third-order valence-corrected chi connectivity index (χ3v) is 6.86. The lowest BCUT2D eigenvalue weighted by Crippen LogP contribution is -2.38. The molecule has 0 radical (unpaired) electrons. The number of halogens is 2. The van der Waals surface area contributed by atoms with E-state index in [1.807, 2.05) is 0 Å². The van der Waals surface area contributed by atoms with Gasteiger partial charge < -0.3 is 5.11 Å². The molecule has 5 rings (SSSR count). The molecule has 1 saturated carbocycles. The number of hydrogen-bond acceptors (Lipinski definition) is 3. The molecule has 2 aliphatic rings. The average molecular weight is 419 g/mol. The summed E-state index contributed by atoms with van der Waals surface area (Å²) in [5, 5.41) is 11.1. The number of aliphatic hydroxyl groups excluding tert-OH is 1. The molecule has 31 heavy (non-hydrogen) atoms. The lowest BCUT2D eigenvalue weighted by atomic mass is 9.59. The van der Waals surface area contributed by atoms with E-state index in [4.69, 9.17) is 0 Å². The number of aromatic nitrogens is 1. The van der Waals surface area contributed by atoms with E-state index in [0.29, 0.717) is 39.8 Å². The van der Waals surface area contributed by atoms with Gasteiger partial charge in [0.2, 0.25) is 0 Å².